The highest BCUT2D eigenvalue weighted by Gasteiger charge is 2.38. The molecule has 3 aromatic rings. The van der Waals surface area contributed by atoms with Crippen molar-refractivity contribution in [2.24, 2.45) is 0 Å². The zero-order chi connectivity index (χ0) is 24.7. The Morgan fingerprint density at radius 1 is 1.12 bits per heavy atom. The van der Waals surface area contributed by atoms with Gasteiger partial charge in [-0.25, -0.2) is 19.7 Å². The molecular formula is C25H29Cl2N5O2. The molecule has 1 aromatic carbocycles. The Kier molecular flexibility index (Phi) is 6.62. The molecule has 0 atom stereocenters. The van der Waals surface area contributed by atoms with Gasteiger partial charge in [-0.2, -0.15) is 0 Å². The maximum absolute atomic E-state index is 12.6. The van der Waals surface area contributed by atoms with E-state index in [1.165, 1.54) is 0 Å². The van der Waals surface area contributed by atoms with Crippen LogP contribution in [0.5, 0.6) is 0 Å². The lowest BCUT2D eigenvalue weighted by Crippen LogP contribution is -2.55. The summed E-state index contributed by atoms with van der Waals surface area (Å²) in [4.78, 5) is 30.5. The summed E-state index contributed by atoms with van der Waals surface area (Å²) < 4.78 is 5.56. The van der Waals surface area contributed by atoms with Crippen LogP contribution in [0.15, 0.2) is 36.5 Å². The van der Waals surface area contributed by atoms with Gasteiger partial charge in [0.1, 0.15) is 16.9 Å². The second kappa shape index (κ2) is 9.19. The molecule has 0 aliphatic carbocycles. The number of amides is 1. The van der Waals surface area contributed by atoms with Crippen LogP contribution in [0.2, 0.25) is 10.0 Å². The van der Waals surface area contributed by atoms with Gasteiger partial charge >= 0.3 is 6.09 Å². The Hall–Kier alpha value is -2.64. The van der Waals surface area contributed by atoms with Crippen molar-refractivity contribution in [3.63, 3.8) is 0 Å². The van der Waals surface area contributed by atoms with Gasteiger partial charge in [-0.1, -0.05) is 35.3 Å². The molecule has 1 saturated heterocycles. The number of hydrogen-bond donors (Lipinski definition) is 0. The zero-order valence-electron chi connectivity index (χ0n) is 20.1. The van der Waals surface area contributed by atoms with Crippen molar-refractivity contribution < 1.29 is 9.53 Å². The van der Waals surface area contributed by atoms with Gasteiger partial charge in [-0.05, 0) is 58.7 Å². The van der Waals surface area contributed by atoms with E-state index in [0.29, 0.717) is 26.9 Å². The molecule has 1 aliphatic rings. The smallest absolute Gasteiger partial charge is 0.410 e. The molecule has 0 unspecified atom stereocenters. The topological polar surface area (TPSA) is 71.5 Å². The molecule has 3 heterocycles. The summed E-state index contributed by atoms with van der Waals surface area (Å²) in [7, 11) is 1.81. The van der Waals surface area contributed by atoms with Gasteiger partial charge in [0, 0.05) is 31.2 Å². The minimum Gasteiger partial charge on any atom is -0.444 e. The molecule has 9 heteroatoms. The number of pyridine rings is 1. The normalized spacial score (nSPS) is 15.9. The number of ether oxygens (including phenoxy) is 1. The number of carbonyl (C=O) groups is 1. The number of anilines is 1. The molecule has 7 nitrogen and oxygen atoms in total. The molecule has 0 radical (unpaired) electrons. The molecule has 34 heavy (non-hydrogen) atoms. The summed E-state index contributed by atoms with van der Waals surface area (Å²) in [6.07, 6.45) is 3.05. The average Bonchev–Trinajstić information content (AvgIpc) is 2.79. The van der Waals surface area contributed by atoms with Crippen LogP contribution in [0.3, 0.4) is 0 Å². The van der Waals surface area contributed by atoms with Crippen molar-refractivity contribution in [2.75, 3.05) is 25.0 Å². The Labute approximate surface area is 210 Å². The number of carbonyl (C=O) groups excluding carboxylic acids is 1. The Morgan fingerprint density at radius 2 is 1.82 bits per heavy atom. The fourth-order valence-corrected chi connectivity index (χ4v) is 4.40. The van der Waals surface area contributed by atoms with Crippen molar-refractivity contribution in [1.29, 1.82) is 0 Å². The lowest BCUT2D eigenvalue weighted by atomic mass is 9.88. The number of rotatable bonds is 3. The first-order valence-corrected chi connectivity index (χ1v) is 12.0. The first-order chi connectivity index (χ1) is 16.0. The highest BCUT2D eigenvalue weighted by molar-refractivity contribution is 6.43. The predicted molar refractivity (Wildman–Crippen MR) is 137 cm³/mol. The fraction of sp³-hybridized carbons (Fsp3) is 0.440. The molecule has 0 N–H and O–H groups in total. The van der Waals surface area contributed by atoms with Crippen LogP contribution in [0.1, 0.15) is 40.5 Å². The van der Waals surface area contributed by atoms with Crippen molar-refractivity contribution >= 4 is 46.3 Å². The predicted octanol–water partition coefficient (Wildman–Crippen LogP) is 6.22. The third-order valence-corrected chi connectivity index (χ3v) is 7.08. The number of fused-ring (bicyclic) bond motifs is 1. The molecule has 180 valence electrons. The second-order valence-corrected chi connectivity index (χ2v) is 10.7. The van der Waals surface area contributed by atoms with E-state index >= 15 is 0 Å². The molecule has 4 rings (SSSR count). The van der Waals surface area contributed by atoms with E-state index in [1.807, 2.05) is 52.1 Å². The first-order valence-electron chi connectivity index (χ1n) is 11.3. The van der Waals surface area contributed by atoms with E-state index in [-0.39, 0.29) is 11.6 Å². The molecular weight excluding hydrogens is 473 g/mol. The van der Waals surface area contributed by atoms with Crippen LogP contribution in [-0.4, -0.2) is 57.2 Å². The van der Waals surface area contributed by atoms with Gasteiger partial charge in [0.05, 0.1) is 21.9 Å². The van der Waals surface area contributed by atoms with E-state index in [9.17, 15) is 4.79 Å². The summed E-state index contributed by atoms with van der Waals surface area (Å²) in [5.74, 6) is 0.796. The van der Waals surface area contributed by atoms with Crippen LogP contribution < -0.4 is 4.90 Å². The van der Waals surface area contributed by atoms with Crippen LogP contribution >= 0.6 is 23.2 Å². The maximum atomic E-state index is 12.6. The van der Waals surface area contributed by atoms with Crippen LogP contribution in [0.25, 0.3) is 22.4 Å². The first kappa shape index (κ1) is 24.5. The van der Waals surface area contributed by atoms with Gasteiger partial charge in [0.2, 0.25) is 0 Å². The van der Waals surface area contributed by atoms with Crippen LogP contribution in [-0.2, 0) is 4.74 Å². The molecule has 1 aliphatic heterocycles. The molecule has 1 amide bonds. The molecule has 1 fully saturated rings. The van der Waals surface area contributed by atoms with E-state index in [1.54, 1.807) is 17.2 Å². The number of hydrogen-bond acceptors (Lipinski definition) is 6. The van der Waals surface area contributed by atoms with Crippen molar-refractivity contribution in [1.82, 2.24) is 19.9 Å². The number of benzene rings is 1. The Morgan fingerprint density at radius 3 is 2.50 bits per heavy atom. The summed E-state index contributed by atoms with van der Waals surface area (Å²) in [5, 5.41) is 0.949. The summed E-state index contributed by atoms with van der Waals surface area (Å²) in [5.41, 5.74) is 1.90. The van der Waals surface area contributed by atoms with E-state index in [4.69, 9.17) is 32.9 Å². The average molecular weight is 502 g/mol. The second-order valence-electron chi connectivity index (χ2n) is 9.89. The SMILES string of the molecule is CN(C(=O)OC(C)(C)C)C1(C)CCN(c2cnc3nc(-c4cccc(Cl)c4Cl)ccc3n2)CC1. The number of nitrogens with zero attached hydrogens (tertiary/aromatic N) is 5. The number of piperidine rings is 1. The highest BCUT2D eigenvalue weighted by Crippen LogP contribution is 2.34. The van der Waals surface area contributed by atoms with Gasteiger partial charge in [0.15, 0.2) is 5.65 Å². The largest absolute Gasteiger partial charge is 0.444 e. The maximum Gasteiger partial charge on any atom is 0.410 e. The highest BCUT2D eigenvalue weighted by atomic mass is 35.5. The van der Waals surface area contributed by atoms with Gasteiger partial charge in [-0.3, -0.25) is 0 Å². The lowest BCUT2D eigenvalue weighted by molar-refractivity contribution is 0.00346. The molecule has 2 aromatic heterocycles. The molecule has 0 spiro atoms. The Balaban J connectivity index is 1.49. The zero-order valence-corrected chi connectivity index (χ0v) is 21.6. The fourth-order valence-electron chi connectivity index (χ4n) is 4.00. The summed E-state index contributed by atoms with van der Waals surface area (Å²) >= 11 is 12.5. The lowest BCUT2D eigenvalue weighted by Gasteiger charge is -2.45. The Bertz CT molecular complexity index is 1220. The third kappa shape index (κ3) is 5.05. The third-order valence-electron chi connectivity index (χ3n) is 6.26. The van der Waals surface area contributed by atoms with E-state index < -0.39 is 5.60 Å². The molecule has 0 bridgehead atoms. The van der Waals surface area contributed by atoms with Crippen molar-refractivity contribution in [3.8, 4) is 11.3 Å². The van der Waals surface area contributed by atoms with Gasteiger partial charge in [0.25, 0.3) is 0 Å². The van der Waals surface area contributed by atoms with Crippen LogP contribution in [0.4, 0.5) is 10.6 Å². The summed E-state index contributed by atoms with van der Waals surface area (Å²) in [6.45, 7) is 9.25. The minimum atomic E-state index is -0.519. The van der Waals surface area contributed by atoms with E-state index in [2.05, 4.69) is 21.8 Å². The standard InChI is InChI=1S/C25H29Cl2N5O2/c1-24(2,3)34-23(33)31(5)25(4)11-13-32(14-12-25)20-15-28-22-19(29-20)10-9-18(30-22)16-7-6-8-17(26)21(16)27/h6-10,15H,11-14H2,1-5H3. The number of halogens is 2. The minimum absolute atomic E-state index is 0.282. The van der Waals surface area contributed by atoms with Gasteiger partial charge in [-0.15, -0.1) is 0 Å². The molecule has 0 saturated carbocycles. The van der Waals surface area contributed by atoms with E-state index in [0.717, 1.165) is 37.3 Å². The van der Waals surface area contributed by atoms with Crippen LogP contribution in [0, 0.1) is 0 Å². The number of aromatic nitrogens is 3. The monoisotopic (exact) mass is 501 g/mol. The summed E-state index contributed by atoms with van der Waals surface area (Å²) in [6, 6.07) is 9.24. The quantitative estimate of drug-likeness (QED) is 0.423. The van der Waals surface area contributed by atoms with Crippen molar-refractivity contribution in [3.05, 3.63) is 46.6 Å². The van der Waals surface area contributed by atoms with Crippen molar-refractivity contribution in [2.45, 2.75) is 51.7 Å². The van der Waals surface area contributed by atoms with Gasteiger partial charge < -0.3 is 14.5 Å².